The number of hydrogen-bond acceptors (Lipinski definition) is 1. The van der Waals surface area contributed by atoms with Gasteiger partial charge in [-0.2, -0.15) is 0 Å². The van der Waals surface area contributed by atoms with Crippen molar-refractivity contribution in [3.05, 3.63) is 34.8 Å². The second-order valence-electron chi connectivity index (χ2n) is 3.65. The average molecular weight is 174 g/mol. The molecule has 13 heavy (non-hydrogen) atoms. The van der Waals surface area contributed by atoms with Crippen molar-refractivity contribution in [2.75, 3.05) is 0 Å². The Hall–Kier alpha value is -1.31. The summed E-state index contributed by atoms with van der Waals surface area (Å²) < 4.78 is 2.20. The molecule has 0 aliphatic carbocycles. The van der Waals surface area contributed by atoms with E-state index in [1.807, 2.05) is 6.92 Å². The molecule has 2 heteroatoms. The van der Waals surface area contributed by atoms with Crippen molar-refractivity contribution >= 4 is 5.65 Å². The highest BCUT2D eigenvalue weighted by atomic mass is 15.0. The molecule has 0 aromatic carbocycles. The minimum Gasteiger partial charge on any atom is -0.303 e. The molecule has 2 rings (SSSR count). The van der Waals surface area contributed by atoms with E-state index in [2.05, 4.69) is 42.3 Å². The first-order chi connectivity index (χ1) is 6.09. The lowest BCUT2D eigenvalue weighted by Crippen LogP contribution is -1.97. The van der Waals surface area contributed by atoms with Gasteiger partial charge in [0.05, 0.1) is 0 Å². The highest BCUT2D eigenvalue weighted by Crippen LogP contribution is 2.16. The molecule has 0 radical (unpaired) electrons. The van der Waals surface area contributed by atoms with Gasteiger partial charge in [-0.1, -0.05) is 0 Å². The topological polar surface area (TPSA) is 17.3 Å². The standard InChI is InChI=1S/C11H14N2/c1-7-5-11-12-8(2)6-9(3)13(11)10(7)4/h5-6H,1-4H3. The highest BCUT2D eigenvalue weighted by Gasteiger charge is 2.05. The van der Waals surface area contributed by atoms with Gasteiger partial charge in [-0.25, -0.2) is 4.98 Å². The minimum atomic E-state index is 1.06. The molecule has 2 heterocycles. The molecule has 0 saturated carbocycles. The molecule has 0 N–H and O–H groups in total. The van der Waals surface area contributed by atoms with Crippen molar-refractivity contribution in [2.45, 2.75) is 27.7 Å². The van der Waals surface area contributed by atoms with E-state index in [-0.39, 0.29) is 0 Å². The van der Waals surface area contributed by atoms with Gasteiger partial charge in [0.2, 0.25) is 0 Å². The summed E-state index contributed by atoms with van der Waals surface area (Å²) in [5.74, 6) is 0. The van der Waals surface area contributed by atoms with Crippen LogP contribution in [0.25, 0.3) is 5.65 Å². The molecular weight excluding hydrogens is 160 g/mol. The van der Waals surface area contributed by atoms with Crippen LogP contribution < -0.4 is 0 Å². The SMILES string of the molecule is Cc1cc(C)n2c(C)c(C)cc2n1. The fraction of sp³-hybridized carbons (Fsp3) is 0.364. The Bertz CT molecular complexity index is 466. The molecule has 0 spiro atoms. The quantitative estimate of drug-likeness (QED) is 0.600. The van der Waals surface area contributed by atoms with Crippen LogP contribution in [0.3, 0.4) is 0 Å². The van der Waals surface area contributed by atoms with Crippen LogP contribution in [-0.4, -0.2) is 9.38 Å². The maximum atomic E-state index is 4.48. The highest BCUT2D eigenvalue weighted by molar-refractivity contribution is 5.48. The summed E-state index contributed by atoms with van der Waals surface area (Å²) in [5, 5.41) is 0. The normalized spacial score (nSPS) is 11.1. The first-order valence-electron chi connectivity index (χ1n) is 4.52. The fourth-order valence-electron chi connectivity index (χ4n) is 1.82. The summed E-state index contributed by atoms with van der Waals surface area (Å²) in [4.78, 5) is 4.48. The molecule has 2 nitrogen and oxygen atoms in total. The van der Waals surface area contributed by atoms with E-state index in [9.17, 15) is 0 Å². The van der Waals surface area contributed by atoms with E-state index >= 15 is 0 Å². The van der Waals surface area contributed by atoms with E-state index < -0.39 is 0 Å². The summed E-state index contributed by atoms with van der Waals surface area (Å²) in [6.45, 7) is 8.41. The second-order valence-corrected chi connectivity index (χ2v) is 3.65. The average Bonchev–Trinajstić information content (AvgIpc) is 2.27. The zero-order valence-electron chi connectivity index (χ0n) is 8.55. The molecule has 2 aromatic heterocycles. The van der Waals surface area contributed by atoms with Crippen molar-refractivity contribution in [3.8, 4) is 0 Å². The monoisotopic (exact) mass is 174 g/mol. The van der Waals surface area contributed by atoms with Gasteiger partial charge < -0.3 is 4.40 Å². The number of aromatic nitrogens is 2. The molecule has 0 aliphatic rings. The molecule has 0 atom stereocenters. The zero-order valence-corrected chi connectivity index (χ0v) is 8.55. The first kappa shape index (κ1) is 8.30. The van der Waals surface area contributed by atoms with Crippen LogP contribution in [0.15, 0.2) is 12.1 Å². The van der Waals surface area contributed by atoms with Gasteiger partial charge in [-0.3, -0.25) is 0 Å². The van der Waals surface area contributed by atoms with Crippen LogP contribution in [0, 0.1) is 27.7 Å². The fourth-order valence-corrected chi connectivity index (χ4v) is 1.82. The molecule has 0 bridgehead atoms. The van der Waals surface area contributed by atoms with E-state index in [0.717, 1.165) is 11.3 Å². The second kappa shape index (κ2) is 2.59. The maximum Gasteiger partial charge on any atom is 0.137 e. The van der Waals surface area contributed by atoms with Crippen molar-refractivity contribution in [1.82, 2.24) is 9.38 Å². The van der Waals surface area contributed by atoms with Gasteiger partial charge in [0.15, 0.2) is 0 Å². The smallest absolute Gasteiger partial charge is 0.137 e. The third kappa shape index (κ3) is 1.13. The van der Waals surface area contributed by atoms with Gasteiger partial charge in [-0.15, -0.1) is 0 Å². The number of nitrogens with zero attached hydrogens (tertiary/aromatic N) is 2. The van der Waals surface area contributed by atoms with Gasteiger partial charge in [-0.05, 0) is 45.4 Å². The maximum absolute atomic E-state index is 4.48. The third-order valence-corrected chi connectivity index (χ3v) is 2.54. The van der Waals surface area contributed by atoms with Crippen LogP contribution in [-0.2, 0) is 0 Å². The van der Waals surface area contributed by atoms with Crippen LogP contribution in [0.5, 0.6) is 0 Å². The molecule has 0 amide bonds. The largest absolute Gasteiger partial charge is 0.303 e. The summed E-state index contributed by atoms with van der Waals surface area (Å²) in [7, 11) is 0. The molecule has 0 unspecified atom stereocenters. The summed E-state index contributed by atoms with van der Waals surface area (Å²) in [5.41, 5.74) is 6.00. The Balaban J connectivity index is 2.94. The number of fused-ring (bicyclic) bond motifs is 1. The minimum absolute atomic E-state index is 1.06. The number of hydrogen-bond donors (Lipinski definition) is 0. The van der Waals surface area contributed by atoms with Crippen LogP contribution >= 0.6 is 0 Å². The number of aryl methyl sites for hydroxylation is 4. The molecule has 68 valence electrons. The predicted octanol–water partition coefficient (Wildman–Crippen LogP) is 2.57. The molecular formula is C11H14N2. The lowest BCUT2D eigenvalue weighted by atomic mass is 10.3. The van der Waals surface area contributed by atoms with Crippen molar-refractivity contribution in [1.29, 1.82) is 0 Å². The lowest BCUT2D eigenvalue weighted by molar-refractivity contribution is 0.983. The zero-order chi connectivity index (χ0) is 9.59. The van der Waals surface area contributed by atoms with E-state index in [1.54, 1.807) is 0 Å². The van der Waals surface area contributed by atoms with Crippen LogP contribution in [0.2, 0.25) is 0 Å². The number of rotatable bonds is 0. The summed E-state index contributed by atoms with van der Waals surface area (Å²) in [6.07, 6.45) is 0. The Kier molecular flexibility index (Phi) is 1.65. The Labute approximate surface area is 78.2 Å². The summed E-state index contributed by atoms with van der Waals surface area (Å²) in [6, 6.07) is 4.24. The molecule has 0 saturated heterocycles. The van der Waals surface area contributed by atoms with Crippen molar-refractivity contribution in [2.24, 2.45) is 0 Å². The van der Waals surface area contributed by atoms with Crippen molar-refractivity contribution in [3.63, 3.8) is 0 Å². The lowest BCUT2D eigenvalue weighted by Gasteiger charge is -2.03. The Morgan fingerprint density at radius 1 is 1.08 bits per heavy atom. The van der Waals surface area contributed by atoms with E-state index in [0.29, 0.717) is 0 Å². The van der Waals surface area contributed by atoms with Gasteiger partial charge in [0.25, 0.3) is 0 Å². The van der Waals surface area contributed by atoms with E-state index in [4.69, 9.17) is 0 Å². The third-order valence-electron chi connectivity index (χ3n) is 2.54. The Morgan fingerprint density at radius 2 is 1.77 bits per heavy atom. The molecule has 2 aromatic rings. The van der Waals surface area contributed by atoms with Gasteiger partial charge in [0, 0.05) is 17.1 Å². The van der Waals surface area contributed by atoms with E-state index in [1.165, 1.54) is 17.0 Å². The van der Waals surface area contributed by atoms with Gasteiger partial charge >= 0.3 is 0 Å². The molecule has 0 aliphatic heterocycles. The van der Waals surface area contributed by atoms with Crippen LogP contribution in [0.4, 0.5) is 0 Å². The van der Waals surface area contributed by atoms with Crippen molar-refractivity contribution < 1.29 is 0 Å². The Morgan fingerprint density at radius 3 is 2.46 bits per heavy atom. The predicted molar refractivity (Wildman–Crippen MR) is 54.1 cm³/mol. The first-order valence-corrected chi connectivity index (χ1v) is 4.52. The molecule has 0 fully saturated rings. The summed E-state index contributed by atoms with van der Waals surface area (Å²) >= 11 is 0. The van der Waals surface area contributed by atoms with Crippen LogP contribution in [0.1, 0.15) is 22.6 Å². The van der Waals surface area contributed by atoms with Gasteiger partial charge in [0.1, 0.15) is 5.65 Å².